The van der Waals surface area contributed by atoms with E-state index in [1.165, 1.54) is 0 Å². The van der Waals surface area contributed by atoms with Crippen molar-refractivity contribution >= 4 is 17.3 Å². The Labute approximate surface area is 112 Å². The molecule has 0 aliphatic heterocycles. The van der Waals surface area contributed by atoms with Crippen LogP contribution in [0.3, 0.4) is 0 Å². The van der Waals surface area contributed by atoms with E-state index in [2.05, 4.69) is 4.98 Å². The molecule has 0 aliphatic carbocycles. The standard InChI is InChI=1S/C15H17N3O/c1-11(12-6-4-3-5-7-12)15(19)18(2)14-8-9-17-10-13(14)16/h3-11H,16H2,1-2H3. The predicted octanol–water partition coefficient (Wildman–Crippen LogP) is 2.43. The maximum Gasteiger partial charge on any atom is 0.234 e. The topological polar surface area (TPSA) is 59.2 Å². The Morgan fingerprint density at radius 3 is 2.58 bits per heavy atom. The first-order valence-corrected chi connectivity index (χ1v) is 6.13. The molecule has 19 heavy (non-hydrogen) atoms. The van der Waals surface area contributed by atoms with E-state index in [1.54, 1.807) is 30.4 Å². The van der Waals surface area contributed by atoms with E-state index < -0.39 is 0 Å². The Kier molecular flexibility index (Phi) is 3.80. The number of likely N-dealkylation sites (N-methyl/N-ethyl adjacent to an activating group) is 1. The summed E-state index contributed by atoms with van der Waals surface area (Å²) in [7, 11) is 1.73. The number of pyridine rings is 1. The highest BCUT2D eigenvalue weighted by atomic mass is 16.2. The van der Waals surface area contributed by atoms with Crippen LogP contribution in [-0.4, -0.2) is 17.9 Å². The molecule has 1 heterocycles. The summed E-state index contributed by atoms with van der Waals surface area (Å²) in [5.41, 5.74) is 8.02. The van der Waals surface area contributed by atoms with Gasteiger partial charge in [-0.2, -0.15) is 0 Å². The third-order valence-electron chi connectivity index (χ3n) is 3.19. The monoisotopic (exact) mass is 255 g/mol. The van der Waals surface area contributed by atoms with Crippen LogP contribution >= 0.6 is 0 Å². The van der Waals surface area contributed by atoms with Gasteiger partial charge in [-0.3, -0.25) is 9.78 Å². The van der Waals surface area contributed by atoms with E-state index in [4.69, 9.17) is 5.73 Å². The van der Waals surface area contributed by atoms with Gasteiger partial charge in [0.2, 0.25) is 5.91 Å². The van der Waals surface area contributed by atoms with Gasteiger partial charge in [0, 0.05) is 13.2 Å². The summed E-state index contributed by atoms with van der Waals surface area (Å²) >= 11 is 0. The van der Waals surface area contributed by atoms with Gasteiger partial charge in [0.1, 0.15) is 0 Å². The largest absolute Gasteiger partial charge is 0.396 e. The number of aromatic nitrogens is 1. The molecule has 0 saturated carbocycles. The molecule has 0 aliphatic rings. The minimum atomic E-state index is -0.209. The van der Waals surface area contributed by atoms with Crippen molar-refractivity contribution in [2.75, 3.05) is 17.7 Å². The predicted molar refractivity (Wildman–Crippen MR) is 76.9 cm³/mol. The van der Waals surface area contributed by atoms with Gasteiger partial charge in [-0.25, -0.2) is 0 Å². The fraction of sp³-hybridized carbons (Fsp3) is 0.200. The lowest BCUT2D eigenvalue weighted by molar-refractivity contribution is -0.119. The van der Waals surface area contributed by atoms with E-state index >= 15 is 0 Å². The lowest BCUT2D eigenvalue weighted by Crippen LogP contribution is -2.31. The molecular formula is C15H17N3O. The van der Waals surface area contributed by atoms with Crippen molar-refractivity contribution in [2.45, 2.75) is 12.8 Å². The zero-order valence-corrected chi connectivity index (χ0v) is 11.1. The highest BCUT2D eigenvalue weighted by Crippen LogP contribution is 2.24. The van der Waals surface area contributed by atoms with Gasteiger partial charge in [-0.1, -0.05) is 30.3 Å². The normalized spacial score (nSPS) is 11.9. The summed E-state index contributed by atoms with van der Waals surface area (Å²) < 4.78 is 0. The summed E-state index contributed by atoms with van der Waals surface area (Å²) in [6.07, 6.45) is 3.18. The van der Waals surface area contributed by atoms with Gasteiger partial charge in [0.25, 0.3) is 0 Å². The van der Waals surface area contributed by atoms with Crippen LogP contribution in [0.4, 0.5) is 11.4 Å². The number of nitrogens with zero attached hydrogens (tertiary/aromatic N) is 2. The van der Waals surface area contributed by atoms with Crippen LogP contribution in [0.5, 0.6) is 0 Å². The Bertz CT molecular complexity index is 569. The maximum absolute atomic E-state index is 12.4. The SMILES string of the molecule is CC(C(=O)N(C)c1ccncc1N)c1ccccc1. The van der Waals surface area contributed by atoms with Crippen LogP contribution in [0.15, 0.2) is 48.8 Å². The lowest BCUT2D eigenvalue weighted by atomic mass is 10.00. The number of nitrogens with two attached hydrogens (primary N) is 1. The molecule has 0 spiro atoms. The summed E-state index contributed by atoms with van der Waals surface area (Å²) in [5.74, 6) is -0.206. The molecule has 0 radical (unpaired) electrons. The molecule has 98 valence electrons. The molecule has 0 bridgehead atoms. The van der Waals surface area contributed by atoms with Crippen LogP contribution in [0, 0.1) is 0 Å². The van der Waals surface area contributed by atoms with E-state index in [9.17, 15) is 4.79 Å². The molecule has 1 aromatic heterocycles. The number of benzene rings is 1. The van der Waals surface area contributed by atoms with E-state index in [-0.39, 0.29) is 11.8 Å². The molecule has 0 fully saturated rings. The average molecular weight is 255 g/mol. The minimum absolute atomic E-state index is 0.00380. The van der Waals surface area contributed by atoms with Crippen molar-refractivity contribution in [3.63, 3.8) is 0 Å². The van der Waals surface area contributed by atoms with Gasteiger partial charge < -0.3 is 10.6 Å². The Morgan fingerprint density at radius 1 is 1.26 bits per heavy atom. The van der Waals surface area contributed by atoms with Crippen molar-refractivity contribution in [3.8, 4) is 0 Å². The number of anilines is 2. The first-order valence-electron chi connectivity index (χ1n) is 6.13. The highest BCUT2D eigenvalue weighted by molar-refractivity contribution is 5.99. The second kappa shape index (κ2) is 5.52. The Hall–Kier alpha value is -2.36. The third kappa shape index (κ3) is 2.73. The van der Waals surface area contributed by atoms with Crippen molar-refractivity contribution in [3.05, 3.63) is 54.4 Å². The second-order valence-corrected chi connectivity index (χ2v) is 4.46. The molecule has 1 unspecified atom stereocenters. The van der Waals surface area contributed by atoms with Crippen LogP contribution in [0.1, 0.15) is 18.4 Å². The van der Waals surface area contributed by atoms with Gasteiger partial charge in [0.15, 0.2) is 0 Å². The first-order chi connectivity index (χ1) is 9.11. The van der Waals surface area contributed by atoms with Gasteiger partial charge in [-0.05, 0) is 18.6 Å². The molecule has 0 saturated heterocycles. The smallest absolute Gasteiger partial charge is 0.234 e. The minimum Gasteiger partial charge on any atom is -0.396 e. The number of rotatable bonds is 3. The average Bonchev–Trinajstić information content (AvgIpc) is 2.46. The molecular weight excluding hydrogens is 238 g/mol. The molecule has 2 N–H and O–H groups in total. The van der Waals surface area contributed by atoms with Crippen molar-refractivity contribution in [2.24, 2.45) is 0 Å². The number of amides is 1. The lowest BCUT2D eigenvalue weighted by Gasteiger charge is -2.22. The van der Waals surface area contributed by atoms with Crippen molar-refractivity contribution in [1.29, 1.82) is 0 Å². The number of hydrogen-bond donors (Lipinski definition) is 1. The molecule has 1 amide bonds. The maximum atomic E-state index is 12.4. The molecule has 2 aromatic rings. The summed E-state index contributed by atoms with van der Waals surface area (Å²) in [5, 5.41) is 0. The second-order valence-electron chi connectivity index (χ2n) is 4.46. The fourth-order valence-electron chi connectivity index (χ4n) is 2.00. The molecule has 1 atom stereocenters. The Morgan fingerprint density at radius 2 is 1.95 bits per heavy atom. The van der Waals surface area contributed by atoms with Crippen LogP contribution in [0.25, 0.3) is 0 Å². The fourth-order valence-corrected chi connectivity index (χ4v) is 2.00. The van der Waals surface area contributed by atoms with E-state index in [0.717, 1.165) is 5.56 Å². The number of hydrogen-bond acceptors (Lipinski definition) is 3. The van der Waals surface area contributed by atoms with Crippen LogP contribution in [-0.2, 0) is 4.79 Å². The van der Waals surface area contributed by atoms with Crippen molar-refractivity contribution in [1.82, 2.24) is 4.98 Å². The van der Waals surface area contributed by atoms with Gasteiger partial charge in [0.05, 0.1) is 23.5 Å². The van der Waals surface area contributed by atoms with E-state index in [1.807, 2.05) is 37.3 Å². The van der Waals surface area contributed by atoms with Gasteiger partial charge >= 0.3 is 0 Å². The molecule has 4 nitrogen and oxygen atoms in total. The van der Waals surface area contributed by atoms with Crippen LogP contribution in [0.2, 0.25) is 0 Å². The number of carbonyl (C=O) groups excluding carboxylic acids is 1. The summed E-state index contributed by atoms with van der Waals surface area (Å²) in [6.45, 7) is 1.89. The molecule has 4 heteroatoms. The van der Waals surface area contributed by atoms with E-state index in [0.29, 0.717) is 11.4 Å². The van der Waals surface area contributed by atoms with Crippen molar-refractivity contribution < 1.29 is 4.79 Å². The quantitative estimate of drug-likeness (QED) is 0.916. The first kappa shape index (κ1) is 13.1. The van der Waals surface area contributed by atoms with Gasteiger partial charge in [-0.15, -0.1) is 0 Å². The molecule has 2 rings (SSSR count). The molecule has 1 aromatic carbocycles. The number of carbonyl (C=O) groups is 1. The summed E-state index contributed by atoms with van der Waals surface area (Å²) in [6, 6.07) is 11.4. The number of nitrogen functional groups attached to an aromatic ring is 1. The highest BCUT2D eigenvalue weighted by Gasteiger charge is 2.21. The summed E-state index contributed by atoms with van der Waals surface area (Å²) in [4.78, 5) is 18.0. The van der Waals surface area contributed by atoms with Crippen LogP contribution < -0.4 is 10.6 Å². The zero-order chi connectivity index (χ0) is 13.8. The third-order valence-corrected chi connectivity index (χ3v) is 3.19. The Balaban J connectivity index is 2.23. The zero-order valence-electron chi connectivity index (χ0n) is 11.1.